The third-order valence-corrected chi connectivity index (χ3v) is 4.19. The summed E-state index contributed by atoms with van der Waals surface area (Å²) in [6, 6.07) is 10.4. The van der Waals surface area contributed by atoms with Gasteiger partial charge in [0.25, 0.3) is 11.7 Å². The summed E-state index contributed by atoms with van der Waals surface area (Å²) in [6.45, 7) is 0.182. The minimum atomic E-state index is -0.661. The van der Waals surface area contributed by atoms with Crippen LogP contribution in [0.1, 0.15) is 21.5 Å². The van der Waals surface area contributed by atoms with Gasteiger partial charge in [-0.15, -0.1) is 0 Å². The molecule has 0 saturated heterocycles. The van der Waals surface area contributed by atoms with E-state index in [0.29, 0.717) is 17.0 Å². The molecule has 1 heterocycles. The zero-order valence-electron chi connectivity index (χ0n) is 14.5. The fourth-order valence-electron chi connectivity index (χ4n) is 2.94. The minimum absolute atomic E-state index is 0.156. The second-order valence-corrected chi connectivity index (χ2v) is 5.57. The lowest BCUT2D eigenvalue weighted by atomic mass is 10.1. The molecule has 1 amide bonds. The van der Waals surface area contributed by atoms with E-state index in [0.717, 1.165) is 5.56 Å². The summed E-state index contributed by atoms with van der Waals surface area (Å²) in [5.74, 6) is -0.530. The summed E-state index contributed by atoms with van der Waals surface area (Å²) in [5, 5.41) is 8.89. The Morgan fingerprint density at radius 1 is 1.00 bits per heavy atom. The van der Waals surface area contributed by atoms with Gasteiger partial charge in [0.05, 0.1) is 50.8 Å². The summed E-state index contributed by atoms with van der Waals surface area (Å²) < 4.78 is 15.9. The lowest BCUT2D eigenvalue weighted by molar-refractivity contribution is -0.114. The number of nitriles is 1. The Hall–Kier alpha value is -3.53. The Bertz CT molecular complexity index is 928. The molecular weight excluding hydrogens is 336 g/mol. The van der Waals surface area contributed by atoms with Crippen LogP contribution >= 0.6 is 0 Å². The molecule has 0 N–H and O–H groups in total. The van der Waals surface area contributed by atoms with E-state index in [4.69, 9.17) is 19.5 Å². The van der Waals surface area contributed by atoms with Crippen LogP contribution in [0.15, 0.2) is 30.3 Å². The number of ketones is 1. The highest BCUT2D eigenvalue weighted by Crippen LogP contribution is 2.48. The Kier molecular flexibility index (Phi) is 4.50. The maximum absolute atomic E-state index is 12.5. The van der Waals surface area contributed by atoms with E-state index < -0.39 is 11.7 Å². The summed E-state index contributed by atoms with van der Waals surface area (Å²) in [6.07, 6.45) is 0. The van der Waals surface area contributed by atoms with Gasteiger partial charge in [0.2, 0.25) is 5.75 Å². The third kappa shape index (κ3) is 2.62. The third-order valence-electron chi connectivity index (χ3n) is 4.19. The molecule has 132 valence electrons. The highest BCUT2D eigenvalue weighted by Gasteiger charge is 2.41. The molecule has 0 aliphatic carbocycles. The summed E-state index contributed by atoms with van der Waals surface area (Å²) in [5.41, 5.74) is 1.86. The van der Waals surface area contributed by atoms with E-state index in [2.05, 4.69) is 0 Å². The van der Waals surface area contributed by atoms with Gasteiger partial charge in [-0.3, -0.25) is 9.59 Å². The molecule has 0 bridgehead atoms. The number of nitrogens with zero attached hydrogens (tertiary/aromatic N) is 2. The van der Waals surface area contributed by atoms with Crippen molar-refractivity contribution in [1.29, 1.82) is 5.26 Å². The monoisotopic (exact) mass is 352 g/mol. The molecule has 2 aromatic carbocycles. The first-order chi connectivity index (χ1) is 12.5. The molecule has 0 fully saturated rings. The SMILES string of the molecule is COc1cc2c(c(OC)c1OC)C(=O)C(=O)N2Cc1ccc(C#N)cc1. The fraction of sp³-hybridized carbons (Fsp3) is 0.211. The molecule has 0 spiro atoms. The standard InChI is InChI=1S/C19H16N2O5/c1-24-14-8-13-15(18(26-3)17(14)25-2)16(22)19(23)21(13)10-12-6-4-11(9-20)5-7-12/h4-8H,10H2,1-3H3. The van der Waals surface area contributed by atoms with Crippen LogP contribution in [-0.4, -0.2) is 33.0 Å². The van der Waals surface area contributed by atoms with Crippen molar-refractivity contribution in [3.05, 3.63) is 47.0 Å². The van der Waals surface area contributed by atoms with Crippen LogP contribution < -0.4 is 19.1 Å². The molecule has 0 radical (unpaired) electrons. The number of rotatable bonds is 5. The Morgan fingerprint density at radius 2 is 1.65 bits per heavy atom. The first-order valence-corrected chi connectivity index (χ1v) is 7.73. The first-order valence-electron chi connectivity index (χ1n) is 7.73. The van der Waals surface area contributed by atoms with E-state index in [1.54, 1.807) is 30.3 Å². The zero-order chi connectivity index (χ0) is 18.8. The predicted octanol–water partition coefficient (Wildman–Crippen LogP) is 2.31. The number of amides is 1. The molecule has 0 atom stereocenters. The van der Waals surface area contributed by atoms with E-state index in [1.807, 2.05) is 6.07 Å². The summed E-state index contributed by atoms with van der Waals surface area (Å²) in [4.78, 5) is 26.4. The molecule has 7 heteroatoms. The Labute approximate surface area is 150 Å². The van der Waals surface area contributed by atoms with E-state index in [-0.39, 0.29) is 23.6 Å². The number of hydrogen-bond donors (Lipinski definition) is 0. The molecule has 3 rings (SSSR count). The highest BCUT2D eigenvalue weighted by molar-refractivity contribution is 6.53. The highest BCUT2D eigenvalue weighted by atomic mass is 16.5. The molecule has 7 nitrogen and oxygen atoms in total. The number of carbonyl (C=O) groups is 2. The predicted molar refractivity (Wildman–Crippen MR) is 92.8 cm³/mol. The molecule has 0 aromatic heterocycles. The van der Waals surface area contributed by atoms with Crippen molar-refractivity contribution in [3.8, 4) is 23.3 Å². The number of fused-ring (bicyclic) bond motifs is 1. The molecule has 1 aliphatic rings. The molecule has 1 aliphatic heterocycles. The molecular formula is C19H16N2O5. The van der Waals surface area contributed by atoms with Crippen molar-refractivity contribution in [2.75, 3.05) is 26.2 Å². The van der Waals surface area contributed by atoms with Crippen LogP contribution in [0.3, 0.4) is 0 Å². The number of anilines is 1. The van der Waals surface area contributed by atoms with Gasteiger partial charge in [0, 0.05) is 6.07 Å². The Balaban J connectivity index is 2.09. The smallest absolute Gasteiger partial charge is 0.299 e. The largest absolute Gasteiger partial charge is 0.493 e. The van der Waals surface area contributed by atoms with Gasteiger partial charge in [-0.2, -0.15) is 5.26 Å². The van der Waals surface area contributed by atoms with Crippen LogP contribution in [0, 0.1) is 11.3 Å². The number of ether oxygens (including phenoxy) is 3. The van der Waals surface area contributed by atoms with Gasteiger partial charge in [0.1, 0.15) is 0 Å². The lowest BCUT2D eigenvalue weighted by Gasteiger charge is -2.19. The molecule has 2 aromatic rings. The van der Waals surface area contributed by atoms with Crippen molar-refractivity contribution in [3.63, 3.8) is 0 Å². The van der Waals surface area contributed by atoms with Gasteiger partial charge < -0.3 is 19.1 Å². The topological polar surface area (TPSA) is 88.9 Å². The van der Waals surface area contributed by atoms with Crippen LogP contribution in [0.2, 0.25) is 0 Å². The lowest BCUT2D eigenvalue weighted by Crippen LogP contribution is -2.29. The Morgan fingerprint density at radius 3 is 2.19 bits per heavy atom. The second-order valence-electron chi connectivity index (χ2n) is 5.57. The van der Waals surface area contributed by atoms with Crippen LogP contribution in [0.25, 0.3) is 0 Å². The van der Waals surface area contributed by atoms with Crippen molar-refractivity contribution in [1.82, 2.24) is 0 Å². The van der Waals surface area contributed by atoms with Crippen LogP contribution in [0.4, 0.5) is 5.69 Å². The van der Waals surface area contributed by atoms with Crippen molar-refractivity contribution in [2.45, 2.75) is 6.54 Å². The molecule has 0 unspecified atom stereocenters. The molecule has 26 heavy (non-hydrogen) atoms. The first kappa shape index (κ1) is 17.3. The van der Waals surface area contributed by atoms with Gasteiger partial charge in [0.15, 0.2) is 11.5 Å². The number of hydrogen-bond acceptors (Lipinski definition) is 6. The average molecular weight is 352 g/mol. The number of methoxy groups -OCH3 is 3. The van der Waals surface area contributed by atoms with Crippen molar-refractivity contribution < 1.29 is 23.8 Å². The minimum Gasteiger partial charge on any atom is -0.493 e. The second kappa shape index (κ2) is 6.76. The zero-order valence-corrected chi connectivity index (χ0v) is 14.5. The number of benzene rings is 2. The summed E-state index contributed by atoms with van der Waals surface area (Å²) in [7, 11) is 4.30. The average Bonchev–Trinajstić information content (AvgIpc) is 2.91. The van der Waals surface area contributed by atoms with E-state index in [9.17, 15) is 9.59 Å². The van der Waals surface area contributed by atoms with Gasteiger partial charge in [-0.05, 0) is 17.7 Å². The maximum atomic E-state index is 12.5. The van der Waals surface area contributed by atoms with Crippen LogP contribution in [-0.2, 0) is 11.3 Å². The van der Waals surface area contributed by atoms with Gasteiger partial charge in [-0.1, -0.05) is 12.1 Å². The van der Waals surface area contributed by atoms with Crippen molar-refractivity contribution in [2.24, 2.45) is 0 Å². The van der Waals surface area contributed by atoms with E-state index in [1.165, 1.54) is 26.2 Å². The fourth-order valence-corrected chi connectivity index (χ4v) is 2.94. The normalized spacial score (nSPS) is 12.6. The quantitative estimate of drug-likeness (QED) is 0.767. The van der Waals surface area contributed by atoms with Crippen LogP contribution in [0.5, 0.6) is 17.2 Å². The maximum Gasteiger partial charge on any atom is 0.299 e. The summed E-state index contributed by atoms with van der Waals surface area (Å²) >= 11 is 0. The van der Waals surface area contributed by atoms with Gasteiger partial charge in [-0.25, -0.2) is 0 Å². The van der Waals surface area contributed by atoms with Gasteiger partial charge >= 0.3 is 0 Å². The number of Topliss-reactive ketones (excluding diaryl/α,β-unsaturated/α-hetero) is 1. The molecule has 0 saturated carbocycles. The van der Waals surface area contributed by atoms with Crippen molar-refractivity contribution >= 4 is 17.4 Å². The number of carbonyl (C=O) groups excluding carboxylic acids is 2. The van der Waals surface area contributed by atoms with E-state index >= 15 is 0 Å².